The highest BCUT2D eigenvalue weighted by Gasteiger charge is 2.21. The molecule has 1 N–H and O–H groups in total. The number of aromatic nitrogens is 5. The van der Waals surface area contributed by atoms with Crippen LogP contribution >= 0.6 is 23.4 Å². The highest BCUT2D eigenvalue weighted by atomic mass is 35.5. The smallest absolute Gasteiger partial charge is 0.358 e. The summed E-state index contributed by atoms with van der Waals surface area (Å²) in [6.07, 6.45) is 3.23. The lowest BCUT2D eigenvalue weighted by Gasteiger charge is -2.09. The molecule has 10 heteroatoms. The fourth-order valence-electron chi connectivity index (χ4n) is 2.08. The normalized spacial score (nSPS) is 10.6. The van der Waals surface area contributed by atoms with Gasteiger partial charge in [0.1, 0.15) is 5.75 Å². The average Bonchev–Trinajstić information content (AvgIpc) is 3.05. The second kappa shape index (κ2) is 7.49. The molecule has 0 atom stereocenters. The molecule has 2 aromatic heterocycles. The van der Waals surface area contributed by atoms with E-state index in [-0.39, 0.29) is 11.4 Å². The van der Waals surface area contributed by atoms with E-state index >= 15 is 0 Å². The summed E-state index contributed by atoms with van der Waals surface area (Å²) in [5.41, 5.74) is 0.858. The third kappa shape index (κ3) is 3.72. The molecule has 0 fully saturated rings. The molecule has 8 nitrogen and oxygen atoms in total. The Morgan fingerprint density at radius 2 is 2.12 bits per heavy atom. The van der Waals surface area contributed by atoms with Gasteiger partial charge in [-0.15, -0.1) is 5.10 Å². The summed E-state index contributed by atoms with van der Waals surface area (Å²) in [7, 11) is 1.51. The summed E-state index contributed by atoms with van der Waals surface area (Å²) in [5.74, 6) is -0.365. The van der Waals surface area contributed by atoms with Crippen LogP contribution in [-0.4, -0.2) is 43.1 Å². The molecule has 0 aliphatic rings. The van der Waals surface area contributed by atoms with Crippen LogP contribution in [0.4, 0.5) is 0 Å². The molecule has 0 bridgehead atoms. The number of hydrogen-bond donors (Lipinski definition) is 1. The molecule has 128 valence electrons. The number of thioether (sulfide) groups is 1. The topological polar surface area (TPSA) is 103 Å². The molecule has 0 saturated carbocycles. The predicted molar refractivity (Wildman–Crippen MR) is 91.5 cm³/mol. The maximum absolute atomic E-state index is 11.4. The van der Waals surface area contributed by atoms with Crippen molar-refractivity contribution in [3.63, 3.8) is 0 Å². The van der Waals surface area contributed by atoms with Gasteiger partial charge < -0.3 is 9.84 Å². The van der Waals surface area contributed by atoms with Gasteiger partial charge in [0.2, 0.25) is 0 Å². The van der Waals surface area contributed by atoms with E-state index < -0.39 is 5.97 Å². The van der Waals surface area contributed by atoms with Crippen LogP contribution in [-0.2, 0) is 5.75 Å². The van der Waals surface area contributed by atoms with Crippen molar-refractivity contribution in [2.24, 2.45) is 0 Å². The van der Waals surface area contributed by atoms with Crippen molar-refractivity contribution in [3.05, 3.63) is 53.1 Å². The first-order valence-electron chi connectivity index (χ1n) is 7.01. The highest BCUT2D eigenvalue weighted by molar-refractivity contribution is 7.98. The molecular formula is C15H12ClN5O3S. The lowest BCUT2D eigenvalue weighted by Crippen LogP contribution is -2.06. The summed E-state index contributed by atoms with van der Waals surface area (Å²) >= 11 is 7.43. The monoisotopic (exact) mass is 377 g/mol. The van der Waals surface area contributed by atoms with E-state index in [0.29, 0.717) is 27.3 Å². The molecule has 0 aliphatic heterocycles. The Kier molecular flexibility index (Phi) is 5.15. The Balaban J connectivity index is 1.97. The number of aromatic carboxylic acids is 1. The number of carboxylic acids is 1. The summed E-state index contributed by atoms with van der Waals surface area (Å²) in [4.78, 5) is 19.7. The molecule has 25 heavy (non-hydrogen) atoms. The molecule has 0 radical (unpaired) electrons. The lowest BCUT2D eigenvalue weighted by atomic mass is 10.2. The van der Waals surface area contributed by atoms with Crippen LogP contribution in [0.2, 0.25) is 5.02 Å². The number of hydrogen-bond acceptors (Lipinski definition) is 7. The first kappa shape index (κ1) is 17.2. The van der Waals surface area contributed by atoms with Crippen LogP contribution < -0.4 is 4.74 Å². The number of ether oxygens (including phenoxy) is 1. The van der Waals surface area contributed by atoms with Gasteiger partial charge in [-0.25, -0.2) is 19.4 Å². The van der Waals surface area contributed by atoms with Gasteiger partial charge in [-0.1, -0.05) is 28.6 Å². The second-order valence-corrected chi connectivity index (χ2v) is 6.09. The van der Waals surface area contributed by atoms with E-state index in [0.717, 1.165) is 0 Å². The van der Waals surface area contributed by atoms with Crippen molar-refractivity contribution in [2.45, 2.75) is 10.9 Å². The molecule has 3 rings (SSSR count). The number of rotatable bonds is 6. The van der Waals surface area contributed by atoms with Gasteiger partial charge in [-0.2, -0.15) is 0 Å². The van der Waals surface area contributed by atoms with Crippen molar-refractivity contribution < 1.29 is 14.6 Å². The first-order chi connectivity index (χ1) is 12.1. The molecule has 1 aromatic carbocycles. The van der Waals surface area contributed by atoms with Crippen molar-refractivity contribution in [2.75, 3.05) is 7.11 Å². The summed E-state index contributed by atoms with van der Waals surface area (Å²) < 4.78 is 6.56. The number of benzene rings is 1. The highest BCUT2D eigenvalue weighted by Crippen LogP contribution is 2.28. The molecule has 0 amide bonds. The van der Waals surface area contributed by atoms with Gasteiger partial charge >= 0.3 is 5.97 Å². The van der Waals surface area contributed by atoms with Crippen molar-refractivity contribution in [1.29, 1.82) is 0 Å². The fourth-order valence-corrected chi connectivity index (χ4v) is 3.13. The molecular weight excluding hydrogens is 366 g/mol. The summed E-state index contributed by atoms with van der Waals surface area (Å²) in [6, 6.07) is 6.74. The van der Waals surface area contributed by atoms with Gasteiger partial charge in [-0.05, 0) is 24.3 Å². The third-order valence-electron chi connectivity index (χ3n) is 3.23. The maximum atomic E-state index is 11.4. The minimum Gasteiger partial charge on any atom is -0.495 e. The lowest BCUT2D eigenvalue weighted by molar-refractivity contribution is 0.0689. The van der Waals surface area contributed by atoms with E-state index in [4.69, 9.17) is 16.3 Å². The van der Waals surface area contributed by atoms with Gasteiger partial charge in [0.25, 0.3) is 0 Å². The zero-order valence-electron chi connectivity index (χ0n) is 13.0. The zero-order valence-corrected chi connectivity index (χ0v) is 14.5. The average molecular weight is 378 g/mol. The summed E-state index contributed by atoms with van der Waals surface area (Å²) in [6.45, 7) is 0. The Morgan fingerprint density at radius 3 is 2.76 bits per heavy atom. The Morgan fingerprint density at radius 1 is 1.36 bits per heavy atom. The zero-order chi connectivity index (χ0) is 17.8. The van der Waals surface area contributed by atoms with Gasteiger partial charge in [0.05, 0.1) is 23.5 Å². The third-order valence-corrected chi connectivity index (χ3v) is 4.41. The van der Waals surface area contributed by atoms with E-state index in [1.54, 1.807) is 36.7 Å². The molecule has 3 aromatic rings. The van der Waals surface area contributed by atoms with Gasteiger partial charge in [0.15, 0.2) is 10.9 Å². The second-order valence-electron chi connectivity index (χ2n) is 4.74. The van der Waals surface area contributed by atoms with E-state index in [9.17, 15) is 9.90 Å². The van der Waals surface area contributed by atoms with Gasteiger partial charge in [0, 0.05) is 18.1 Å². The molecule has 0 spiro atoms. The van der Waals surface area contributed by atoms with Crippen molar-refractivity contribution >= 4 is 29.3 Å². The van der Waals surface area contributed by atoms with Crippen LogP contribution in [0.15, 0.2) is 41.8 Å². The molecule has 2 heterocycles. The first-order valence-corrected chi connectivity index (χ1v) is 8.38. The van der Waals surface area contributed by atoms with E-state index in [1.807, 2.05) is 0 Å². The molecule has 0 aliphatic carbocycles. The minimum absolute atomic E-state index is 0.129. The van der Waals surface area contributed by atoms with E-state index in [2.05, 4.69) is 20.3 Å². The number of nitrogens with zero attached hydrogens (tertiary/aromatic N) is 5. The number of halogens is 1. The quantitative estimate of drug-likeness (QED) is 0.516. The number of methoxy groups -OCH3 is 1. The van der Waals surface area contributed by atoms with Crippen LogP contribution in [0.3, 0.4) is 0 Å². The largest absolute Gasteiger partial charge is 0.495 e. The molecule has 0 saturated heterocycles. The summed E-state index contributed by atoms with van der Waals surface area (Å²) in [5, 5.41) is 18.0. The maximum Gasteiger partial charge on any atom is 0.358 e. The predicted octanol–water partition coefficient (Wildman–Crippen LogP) is 2.71. The SMILES string of the molecule is COc1ccc(-n2nnc(C(=O)O)c2CSc2ncccn2)cc1Cl. The fraction of sp³-hybridized carbons (Fsp3) is 0.133. The van der Waals surface area contributed by atoms with Crippen molar-refractivity contribution in [3.8, 4) is 11.4 Å². The number of carboxylic acid groups (broad SMARTS) is 1. The van der Waals surface area contributed by atoms with Crippen LogP contribution in [0.5, 0.6) is 5.75 Å². The van der Waals surface area contributed by atoms with E-state index in [1.165, 1.54) is 23.6 Å². The Hall–Kier alpha value is -2.65. The van der Waals surface area contributed by atoms with Crippen LogP contribution in [0, 0.1) is 0 Å². The van der Waals surface area contributed by atoms with Crippen LogP contribution in [0.25, 0.3) is 5.69 Å². The van der Waals surface area contributed by atoms with Crippen molar-refractivity contribution in [1.82, 2.24) is 25.0 Å². The Labute approximate surface area is 151 Å². The Bertz CT molecular complexity index is 903. The van der Waals surface area contributed by atoms with Gasteiger partial charge in [-0.3, -0.25) is 0 Å². The molecule has 0 unspecified atom stereocenters. The minimum atomic E-state index is -1.16. The van der Waals surface area contributed by atoms with Crippen LogP contribution in [0.1, 0.15) is 16.2 Å². The standard InChI is InChI=1S/C15H12ClN5O3S/c1-24-12-4-3-9(7-10(12)16)21-11(13(14(22)23)19-20-21)8-25-15-17-5-2-6-18-15/h2-7H,8H2,1H3,(H,22,23). The number of carbonyl (C=O) groups is 1.